The highest BCUT2D eigenvalue weighted by atomic mass is 16.5. The first kappa shape index (κ1) is 20.4. The second kappa shape index (κ2) is 8.54. The number of ether oxygens (including phenoxy) is 1. The van der Waals surface area contributed by atoms with Crippen molar-refractivity contribution in [3.05, 3.63) is 60.2 Å². The van der Waals surface area contributed by atoms with Crippen molar-refractivity contribution in [1.29, 1.82) is 0 Å². The largest absolute Gasteiger partial charge is 0.497 e. The maximum Gasteiger partial charge on any atom is 0.247 e. The molecular weight excluding hydrogens is 386 g/mol. The van der Waals surface area contributed by atoms with Crippen LogP contribution in [0, 0.1) is 0 Å². The third-order valence-corrected chi connectivity index (χ3v) is 7.77. The summed E-state index contributed by atoms with van der Waals surface area (Å²) < 4.78 is 5.31. The molecule has 1 spiro atoms. The lowest BCUT2D eigenvalue weighted by Crippen LogP contribution is -2.58. The van der Waals surface area contributed by atoms with Gasteiger partial charge in [-0.15, -0.1) is 0 Å². The van der Waals surface area contributed by atoms with Crippen LogP contribution < -0.4 is 15.0 Å². The minimum atomic E-state index is -0.429. The van der Waals surface area contributed by atoms with E-state index in [1.54, 1.807) is 7.11 Å². The van der Waals surface area contributed by atoms with Crippen LogP contribution in [0.4, 0.5) is 5.69 Å². The summed E-state index contributed by atoms with van der Waals surface area (Å²) in [4.78, 5) is 18.0. The third kappa shape index (κ3) is 3.69. The van der Waals surface area contributed by atoms with Gasteiger partial charge in [0.2, 0.25) is 5.91 Å². The minimum Gasteiger partial charge on any atom is -0.497 e. The summed E-state index contributed by atoms with van der Waals surface area (Å²) in [6, 6.07) is 19.7. The smallest absolute Gasteiger partial charge is 0.247 e. The highest BCUT2D eigenvalue weighted by Gasteiger charge is 2.51. The molecule has 1 aliphatic carbocycles. The number of methoxy groups -OCH3 is 1. The molecule has 2 aromatic carbocycles. The van der Waals surface area contributed by atoms with Crippen molar-refractivity contribution in [2.24, 2.45) is 0 Å². The molecule has 3 aliphatic rings. The zero-order valence-electron chi connectivity index (χ0n) is 18.4. The van der Waals surface area contributed by atoms with E-state index in [9.17, 15) is 4.79 Å². The van der Waals surface area contributed by atoms with Gasteiger partial charge in [-0.25, -0.2) is 0 Å². The van der Waals surface area contributed by atoms with E-state index < -0.39 is 5.54 Å². The fraction of sp³-hybridized carbons (Fsp3) is 0.500. The maximum atomic E-state index is 13.0. The number of piperidine rings is 1. The van der Waals surface area contributed by atoms with Crippen LogP contribution >= 0.6 is 0 Å². The monoisotopic (exact) mass is 419 g/mol. The van der Waals surface area contributed by atoms with E-state index in [2.05, 4.69) is 57.6 Å². The second-order valence-corrected chi connectivity index (χ2v) is 9.23. The van der Waals surface area contributed by atoms with Crippen LogP contribution in [0.3, 0.4) is 0 Å². The minimum absolute atomic E-state index is 0.186. The molecule has 2 heterocycles. The number of anilines is 1. The van der Waals surface area contributed by atoms with Crippen LogP contribution in [-0.2, 0) is 4.79 Å². The normalized spacial score (nSPS) is 26.1. The molecule has 2 saturated heterocycles. The van der Waals surface area contributed by atoms with Crippen molar-refractivity contribution in [3.8, 4) is 5.75 Å². The van der Waals surface area contributed by atoms with Crippen LogP contribution in [0.15, 0.2) is 54.6 Å². The fourth-order valence-electron chi connectivity index (χ4n) is 6.05. The maximum absolute atomic E-state index is 13.0. The molecule has 0 radical (unpaired) electrons. The average molecular weight is 420 g/mol. The van der Waals surface area contributed by atoms with Gasteiger partial charge in [0, 0.05) is 24.8 Å². The van der Waals surface area contributed by atoms with Gasteiger partial charge in [0.25, 0.3) is 0 Å². The predicted octanol–water partition coefficient (Wildman–Crippen LogP) is 4.15. The fourth-order valence-corrected chi connectivity index (χ4v) is 6.05. The van der Waals surface area contributed by atoms with Gasteiger partial charge in [0.05, 0.1) is 13.8 Å². The Morgan fingerprint density at radius 1 is 0.968 bits per heavy atom. The number of hydrogen-bond acceptors (Lipinski definition) is 4. The van der Waals surface area contributed by atoms with Gasteiger partial charge in [0.15, 0.2) is 0 Å². The zero-order chi connectivity index (χ0) is 21.3. The predicted molar refractivity (Wildman–Crippen MR) is 123 cm³/mol. The lowest BCUT2D eigenvalue weighted by molar-refractivity contribution is -0.125. The van der Waals surface area contributed by atoms with Crippen molar-refractivity contribution in [2.75, 3.05) is 31.8 Å². The van der Waals surface area contributed by atoms with Crippen LogP contribution in [0.5, 0.6) is 5.75 Å². The molecule has 2 aliphatic heterocycles. The van der Waals surface area contributed by atoms with Crippen LogP contribution in [-0.4, -0.2) is 49.3 Å². The number of carbonyl (C=O) groups is 1. The molecule has 5 heteroatoms. The number of likely N-dealkylation sites (tertiary alicyclic amines) is 1. The number of carbonyl (C=O) groups excluding carboxylic acids is 1. The highest BCUT2D eigenvalue weighted by Crippen LogP contribution is 2.41. The van der Waals surface area contributed by atoms with E-state index in [-0.39, 0.29) is 5.91 Å². The molecule has 3 fully saturated rings. The molecule has 1 saturated carbocycles. The molecule has 0 unspecified atom stereocenters. The quantitative estimate of drug-likeness (QED) is 0.809. The Kier molecular flexibility index (Phi) is 5.61. The second-order valence-electron chi connectivity index (χ2n) is 9.23. The summed E-state index contributed by atoms with van der Waals surface area (Å²) >= 11 is 0. The topological polar surface area (TPSA) is 44.8 Å². The highest BCUT2D eigenvalue weighted by molar-refractivity contribution is 5.93. The lowest BCUT2D eigenvalue weighted by atomic mass is 9.77. The van der Waals surface area contributed by atoms with Gasteiger partial charge in [-0.2, -0.15) is 0 Å². The number of nitrogens with one attached hydrogen (secondary N) is 1. The Hall–Kier alpha value is -2.53. The Balaban J connectivity index is 1.33. The molecule has 0 aromatic heterocycles. The van der Waals surface area contributed by atoms with E-state index in [1.807, 2.05) is 12.1 Å². The number of benzene rings is 2. The molecule has 2 atom stereocenters. The van der Waals surface area contributed by atoms with Gasteiger partial charge >= 0.3 is 0 Å². The van der Waals surface area contributed by atoms with Gasteiger partial charge in [-0.05, 0) is 61.4 Å². The standard InChI is InChI=1S/C26H33N3O2/c1-31-22-13-11-21(12-14-22)29-19-27-25(30)26(29)15-17-28(18-16-26)24-10-6-5-9-23(24)20-7-3-2-4-8-20/h2-4,7-8,11-14,23-24H,5-6,9-10,15-19H2,1H3,(H,27,30)/t23-,24-/m1/s1. The van der Waals surface area contributed by atoms with Gasteiger partial charge in [-0.3, -0.25) is 9.69 Å². The summed E-state index contributed by atoms with van der Waals surface area (Å²) in [5.41, 5.74) is 2.14. The molecule has 0 bridgehead atoms. The molecule has 164 valence electrons. The molecule has 5 nitrogen and oxygen atoms in total. The Morgan fingerprint density at radius 2 is 1.68 bits per heavy atom. The SMILES string of the molecule is COc1ccc(N2CNC(=O)C23CCN([C@@H]2CCCC[C@@H]2c2ccccc2)CC3)cc1. The van der Waals surface area contributed by atoms with Crippen molar-refractivity contribution < 1.29 is 9.53 Å². The van der Waals surface area contributed by atoms with Crippen LogP contribution in [0.1, 0.15) is 50.0 Å². The number of hydrogen-bond donors (Lipinski definition) is 1. The van der Waals surface area contributed by atoms with E-state index in [0.717, 1.165) is 37.4 Å². The van der Waals surface area contributed by atoms with Crippen molar-refractivity contribution in [3.63, 3.8) is 0 Å². The summed E-state index contributed by atoms with van der Waals surface area (Å²) in [5, 5.41) is 3.12. The number of nitrogens with zero attached hydrogens (tertiary/aromatic N) is 2. The van der Waals surface area contributed by atoms with E-state index >= 15 is 0 Å². The lowest BCUT2D eigenvalue weighted by Gasteiger charge is -2.48. The zero-order valence-corrected chi connectivity index (χ0v) is 18.4. The van der Waals surface area contributed by atoms with Crippen LogP contribution in [0.25, 0.3) is 0 Å². The Labute approximate surface area is 185 Å². The van der Waals surface area contributed by atoms with Crippen molar-refractivity contribution >= 4 is 11.6 Å². The average Bonchev–Trinajstić information content (AvgIpc) is 3.15. The first-order chi connectivity index (χ1) is 15.2. The summed E-state index contributed by atoms with van der Waals surface area (Å²) in [6.07, 6.45) is 6.93. The van der Waals surface area contributed by atoms with E-state index in [4.69, 9.17) is 4.74 Å². The summed E-state index contributed by atoms with van der Waals surface area (Å²) in [6.45, 7) is 2.55. The molecule has 1 N–H and O–H groups in total. The van der Waals surface area contributed by atoms with Gasteiger partial charge < -0.3 is 15.0 Å². The molecule has 5 rings (SSSR count). The molecule has 2 aromatic rings. The summed E-state index contributed by atoms with van der Waals surface area (Å²) in [7, 11) is 1.68. The third-order valence-electron chi connectivity index (χ3n) is 7.77. The van der Waals surface area contributed by atoms with Gasteiger partial charge in [0.1, 0.15) is 11.3 Å². The molecule has 1 amide bonds. The Bertz CT molecular complexity index is 891. The first-order valence-electron chi connectivity index (χ1n) is 11.7. The number of amides is 1. The van der Waals surface area contributed by atoms with Gasteiger partial charge in [-0.1, -0.05) is 43.2 Å². The van der Waals surface area contributed by atoms with Crippen LogP contribution in [0.2, 0.25) is 0 Å². The summed E-state index contributed by atoms with van der Waals surface area (Å²) in [5.74, 6) is 1.64. The Morgan fingerprint density at radius 3 is 2.39 bits per heavy atom. The molecule has 31 heavy (non-hydrogen) atoms. The van der Waals surface area contributed by atoms with Crippen molar-refractivity contribution in [1.82, 2.24) is 10.2 Å². The van der Waals surface area contributed by atoms with Crippen molar-refractivity contribution in [2.45, 2.75) is 56.0 Å². The van der Waals surface area contributed by atoms with E-state index in [1.165, 1.54) is 31.2 Å². The molecular formula is C26H33N3O2. The van der Waals surface area contributed by atoms with E-state index in [0.29, 0.717) is 18.6 Å². The number of rotatable bonds is 4. The first-order valence-corrected chi connectivity index (χ1v) is 11.7.